The highest BCUT2D eigenvalue weighted by Gasteiger charge is 2.26. The van der Waals surface area contributed by atoms with Gasteiger partial charge in [-0.25, -0.2) is 18.4 Å². The fraction of sp³-hybridized carbons (Fsp3) is 0.316. The zero-order chi connectivity index (χ0) is 21.3. The second kappa shape index (κ2) is 8.26. The quantitative estimate of drug-likeness (QED) is 0.637. The van der Waals surface area contributed by atoms with E-state index < -0.39 is 10.0 Å². The van der Waals surface area contributed by atoms with Crippen LogP contribution in [0, 0.1) is 6.92 Å². The van der Waals surface area contributed by atoms with Crippen LogP contribution in [0.25, 0.3) is 10.6 Å². The van der Waals surface area contributed by atoms with Crippen molar-refractivity contribution in [1.29, 1.82) is 0 Å². The maximum absolute atomic E-state index is 12.9. The molecular formula is C19H21N5O4S2. The molecule has 30 heavy (non-hydrogen) atoms. The van der Waals surface area contributed by atoms with Crippen molar-refractivity contribution in [2.45, 2.75) is 11.8 Å². The van der Waals surface area contributed by atoms with Gasteiger partial charge in [0.05, 0.1) is 28.7 Å². The smallest absolute Gasteiger partial charge is 0.307 e. The molecule has 1 saturated heterocycles. The summed E-state index contributed by atoms with van der Waals surface area (Å²) >= 11 is 1.13. The third-order valence-corrected chi connectivity index (χ3v) is 7.93. The number of sulfonamides is 1. The molecule has 3 aromatic rings. The van der Waals surface area contributed by atoms with Crippen LogP contribution >= 0.6 is 11.3 Å². The molecule has 0 atom stereocenters. The molecule has 9 nitrogen and oxygen atoms in total. The Labute approximate surface area is 178 Å². The molecule has 0 radical (unpaired) electrons. The van der Waals surface area contributed by atoms with E-state index in [0.717, 1.165) is 21.9 Å². The minimum absolute atomic E-state index is 0.0587. The van der Waals surface area contributed by atoms with Gasteiger partial charge < -0.3 is 14.6 Å². The Kier molecular flexibility index (Phi) is 5.69. The van der Waals surface area contributed by atoms with E-state index in [2.05, 4.69) is 15.3 Å². The molecule has 0 bridgehead atoms. The van der Waals surface area contributed by atoms with Crippen LogP contribution in [0.3, 0.4) is 0 Å². The molecule has 3 heterocycles. The monoisotopic (exact) mass is 447 g/mol. The zero-order valence-electron chi connectivity index (χ0n) is 16.5. The number of ether oxygens (including phenoxy) is 1. The minimum Gasteiger partial charge on any atom is -0.379 e. The van der Waals surface area contributed by atoms with Gasteiger partial charge in [0.25, 0.3) is 0 Å². The first-order chi connectivity index (χ1) is 14.4. The van der Waals surface area contributed by atoms with E-state index in [9.17, 15) is 13.2 Å². The Balaban J connectivity index is 1.60. The van der Waals surface area contributed by atoms with Crippen LogP contribution in [0.2, 0.25) is 0 Å². The first-order valence-electron chi connectivity index (χ1n) is 9.31. The topological polar surface area (TPSA) is 106 Å². The summed E-state index contributed by atoms with van der Waals surface area (Å²) in [5, 5.41) is 3.06. The number of rotatable bonds is 5. The lowest BCUT2D eigenvalue weighted by atomic mass is 10.3. The highest BCUT2D eigenvalue weighted by Crippen LogP contribution is 2.26. The van der Waals surface area contributed by atoms with Gasteiger partial charge in [0.1, 0.15) is 0 Å². The van der Waals surface area contributed by atoms with Crippen molar-refractivity contribution in [3.63, 3.8) is 0 Å². The summed E-state index contributed by atoms with van der Waals surface area (Å²) < 4.78 is 34.0. The molecule has 158 valence electrons. The van der Waals surface area contributed by atoms with E-state index in [1.165, 1.54) is 4.31 Å². The van der Waals surface area contributed by atoms with Gasteiger partial charge in [-0.15, -0.1) is 0 Å². The van der Waals surface area contributed by atoms with Gasteiger partial charge in [-0.3, -0.25) is 4.79 Å². The lowest BCUT2D eigenvalue weighted by molar-refractivity contribution is 0.0730. The summed E-state index contributed by atoms with van der Waals surface area (Å²) in [6.07, 6.45) is 1.60. The van der Waals surface area contributed by atoms with Crippen molar-refractivity contribution in [3.8, 4) is 10.6 Å². The van der Waals surface area contributed by atoms with Gasteiger partial charge >= 0.3 is 4.87 Å². The summed E-state index contributed by atoms with van der Waals surface area (Å²) in [4.78, 5) is 21.6. The Bertz CT molecular complexity index is 1230. The van der Waals surface area contributed by atoms with E-state index in [-0.39, 0.29) is 9.77 Å². The van der Waals surface area contributed by atoms with E-state index in [0.29, 0.717) is 43.6 Å². The molecule has 0 saturated carbocycles. The summed E-state index contributed by atoms with van der Waals surface area (Å²) in [6.45, 7) is 3.32. The number of hydrogen-bond acceptors (Lipinski definition) is 8. The third-order valence-electron chi connectivity index (χ3n) is 4.88. The fourth-order valence-corrected chi connectivity index (χ4v) is 5.51. The number of thiazole rings is 1. The lowest BCUT2D eigenvalue weighted by Crippen LogP contribution is -2.40. The standard InChI is InChI=1S/C19H21N5O4S2/c1-13-17(29-19(25)23(13)2)16-6-7-20-18(22-16)21-14-4-3-5-15(12-14)30(26,27)24-8-10-28-11-9-24/h3-7,12H,8-11H2,1-2H3,(H,20,21,22). The van der Waals surface area contributed by atoms with Crippen LogP contribution in [-0.2, 0) is 21.8 Å². The number of nitrogens with one attached hydrogen (secondary N) is 1. The molecule has 2 aromatic heterocycles. The van der Waals surface area contributed by atoms with Gasteiger partial charge in [-0.05, 0) is 31.2 Å². The molecule has 0 aliphatic carbocycles. The average Bonchev–Trinajstić information content (AvgIpc) is 3.02. The summed E-state index contributed by atoms with van der Waals surface area (Å²) in [6, 6.07) is 8.29. The van der Waals surface area contributed by atoms with Crippen LogP contribution < -0.4 is 10.2 Å². The summed E-state index contributed by atoms with van der Waals surface area (Å²) in [7, 11) is -1.88. The van der Waals surface area contributed by atoms with Gasteiger partial charge in [0, 0.05) is 37.7 Å². The zero-order valence-corrected chi connectivity index (χ0v) is 18.2. The fourth-order valence-electron chi connectivity index (χ4n) is 3.10. The maximum Gasteiger partial charge on any atom is 0.307 e. The van der Waals surface area contributed by atoms with E-state index in [1.54, 1.807) is 48.1 Å². The number of anilines is 2. The highest BCUT2D eigenvalue weighted by atomic mass is 32.2. The molecule has 1 aliphatic rings. The molecule has 0 spiro atoms. The second-order valence-electron chi connectivity index (χ2n) is 6.78. The van der Waals surface area contributed by atoms with Gasteiger partial charge in [-0.1, -0.05) is 17.4 Å². The van der Waals surface area contributed by atoms with Crippen molar-refractivity contribution in [3.05, 3.63) is 51.9 Å². The van der Waals surface area contributed by atoms with Crippen molar-refractivity contribution in [2.75, 3.05) is 31.6 Å². The molecule has 11 heteroatoms. The van der Waals surface area contributed by atoms with E-state index in [1.807, 2.05) is 6.92 Å². The van der Waals surface area contributed by atoms with Gasteiger partial charge in [-0.2, -0.15) is 4.31 Å². The molecule has 0 unspecified atom stereocenters. The van der Waals surface area contributed by atoms with Gasteiger partial charge in [0.15, 0.2) is 0 Å². The Morgan fingerprint density at radius 1 is 1.20 bits per heavy atom. The summed E-state index contributed by atoms with van der Waals surface area (Å²) in [5.74, 6) is 0.316. The largest absolute Gasteiger partial charge is 0.379 e. The Morgan fingerprint density at radius 3 is 2.67 bits per heavy atom. The van der Waals surface area contributed by atoms with Crippen LogP contribution in [-0.4, -0.2) is 53.6 Å². The Hall–Kier alpha value is -2.60. The normalized spacial score (nSPS) is 15.3. The Morgan fingerprint density at radius 2 is 1.97 bits per heavy atom. The molecule has 1 fully saturated rings. The first-order valence-corrected chi connectivity index (χ1v) is 11.6. The molecular weight excluding hydrogens is 426 g/mol. The van der Waals surface area contributed by atoms with Crippen molar-refractivity contribution in [2.24, 2.45) is 7.05 Å². The molecule has 1 N–H and O–H groups in total. The predicted molar refractivity (Wildman–Crippen MR) is 115 cm³/mol. The van der Waals surface area contributed by atoms with Gasteiger partial charge in [0.2, 0.25) is 16.0 Å². The van der Waals surface area contributed by atoms with Crippen molar-refractivity contribution >= 4 is 33.0 Å². The number of aromatic nitrogens is 3. The van der Waals surface area contributed by atoms with Crippen LogP contribution in [0.5, 0.6) is 0 Å². The number of benzene rings is 1. The number of morpholine rings is 1. The summed E-state index contributed by atoms with van der Waals surface area (Å²) in [5.41, 5.74) is 2.01. The SMILES string of the molecule is Cc1c(-c2ccnc(Nc3cccc(S(=O)(=O)N4CCOCC4)c3)n2)sc(=O)n1C. The van der Waals surface area contributed by atoms with Crippen LogP contribution in [0.15, 0.2) is 46.2 Å². The van der Waals surface area contributed by atoms with Crippen LogP contribution in [0.1, 0.15) is 5.69 Å². The molecule has 4 rings (SSSR count). The number of hydrogen-bond donors (Lipinski definition) is 1. The third kappa shape index (κ3) is 4.01. The number of nitrogens with zero attached hydrogens (tertiary/aromatic N) is 4. The van der Waals surface area contributed by atoms with Crippen LogP contribution in [0.4, 0.5) is 11.6 Å². The first kappa shape index (κ1) is 20.7. The van der Waals surface area contributed by atoms with Crippen molar-refractivity contribution < 1.29 is 13.2 Å². The van der Waals surface area contributed by atoms with E-state index in [4.69, 9.17) is 4.74 Å². The van der Waals surface area contributed by atoms with Crippen molar-refractivity contribution in [1.82, 2.24) is 18.8 Å². The van der Waals surface area contributed by atoms with E-state index >= 15 is 0 Å². The molecule has 1 aliphatic heterocycles. The maximum atomic E-state index is 12.9. The lowest BCUT2D eigenvalue weighted by Gasteiger charge is -2.26. The average molecular weight is 448 g/mol. The predicted octanol–water partition coefficient (Wildman–Crippen LogP) is 1.98. The second-order valence-corrected chi connectivity index (χ2v) is 9.68. The molecule has 1 aromatic carbocycles. The highest BCUT2D eigenvalue weighted by molar-refractivity contribution is 7.89. The minimum atomic E-state index is -3.60. The molecule has 0 amide bonds.